The fourth-order valence-corrected chi connectivity index (χ4v) is 2.94. The molecule has 2 aromatic rings. The molecule has 21 heavy (non-hydrogen) atoms. The van der Waals surface area contributed by atoms with Gasteiger partial charge in [0.25, 0.3) is 5.91 Å². The highest BCUT2D eigenvalue weighted by molar-refractivity contribution is 7.98. The number of nitrogens with zero attached hydrogens (tertiary/aromatic N) is 1. The van der Waals surface area contributed by atoms with Gasteiger partial charge in [-0.25, -0.2) is 4.98 Å². The molecule has 1 N–H and O–H groups in total. The third-order valence-corrected chi connectivity index (χ3v) is 4.18. The van der Waals surface area contributed by atoms with E-state index in [1.54, 1.807) is 12.1 Å². The second-order valence-electron chi connectivity index (χ2n) is 4.74. The number of thioether (sulfide) groups is 1. The minimum Gasteiger partial charge on any atom is -0.345 e. The minimum absolute atomic E-state index is 0.0657. The van der Waals surface area contributed by atoms with E-state index in [0.717, 1.165) is 11.1 Å². The lowest BCUT2D eigenvalue weighted by molar-refractivity contribution is 0.0936. The molecule has 0 saturated heterocycles. The zero-order valence-corrected chi connectivity index (χ0v) is 13.8. The van der Waals surface area contributed by atoms with Crippen LogP contribution < -0.4 is 5.32 Å². The van der Waals surface area contributed by atoms with Crippen LogP contribution in [0.4, 0.5) is 0 Å². The maximum absolute atomic E-state index is 12.4. The van der Waals surface area contributed by atoms with Crippen molar-refractivity contribution in [2.75, 3.05) is 6.26 Å². The Kier molecular flexibility index (Phi) is 5.26. The largest absolute Gasteiger partial charge is 0.345 e. The quantitative estimate of drug-likeness (QED) is 0.676. The first-order valence-corrected chi connectivity index (χ1v) is 8.20. The molecule has 5 heteroatoms. The number of hydrogen-bond donors (Lipinski definition) is 1. The molecular weight excluding hydrogens is 304 g/mol. The van der Waals surface area contributed by atoms with E-state index in [9.17, 15) is 4.79 Å². The maximum Gasteiger partial charge on any atom is 0.254 e. The summed E-state index contributed by atoms with van der Waals surface area (Å²) in [6.45, 7) is 4.01. The number of carbonyl (C=O) groups is 1. The third kappa shape index (κ3) is 3.77. The summed E-state index contributed by atoms with van der Waals surface area (Å²) in [5.41, 5.74) is 2.82. The molecule has 1 aromatic carbocycles. The van der Waals surface area contributed by atoms with Crippen molar-refractivity contribution >= 4 is 29.3 Å². The molecule has 0 bridgehead atoms. The SMILES string of the molecule is CSc1nc(Cl)ccc1C(=O)N[C@@H](C)c1ccccc1C. The van der Waals surface area contributed by atoms with Gasteiger partial charge < -0.3 is 5.32 Å². The topological polar surface area (TPSA) is 42.0 Å². The predicted octanol–water partition coefficient (Wildman–Crippen LogP) is 4.26. The van der Waals surface area contributed by atoms with Crippen LogP contribution in [0.15, 0.2) is 41.4 Å². The maximum atomic E-state index is 12.4. The van der Waals surface area contributed by atoms with Gasteiger partial charge >= 0.3 is 0 Å². The Morgan fingerprint density at radius 3 is 2.67 bits per heavy atom. The average molecular weight is 321 g/mol. The van der Waals surface area contributed by atoms with Gasteiger partial charge in [0.05, 0.1) is 11.6 Å². The van der Waals surface area contributed by atoms with Crippen LogP contribution in [0.25, 0.3) is 0 Å². The van der Waals surface area contributed by atoms with E-state index in [1.165, 1.54) is 11.8 Å². The number of halogens is 1. The van der Waals surface area contributed by atoms with E-state index in [0.29, 0.717) is 15.7 Å². The van der Waals surface area contributed by atoms with Gasteiger partial charge in [0.2, 0.25) is 0 Å². The van der Waals surface area contributed by atoms with E-state index < -0.39 is 0 Å². The molecule has 0 unspecified atom stereocenters. The van der Waals surface area contributed by atoms with Crippen LogP contribution in [-0.2, 0) is 0 Å². The number of carbonyl (C=O) groups excluding carboxylic acids is 1. The lowest BCUT2D eigenvalue weighted by Gasteiger charge is -2.17. The van der Waals surface area contributed by atoms with Crippen molar-refractivity contribution in [3.8, 4) is 0 Å². The summed E-state index contributed by atoms with van der Waals surface area (Å²) in [5.74, 6) is -0.140. The Bertz CT molecular complexity index is 660. The van der Waals surface area contributed by atoms with Crippen LogP contribution >= 0.6 is 23.4 Å². The molecule has 1 amide bonds. The minimum atomic E-state index is -0.140. The zero-order chi connectivity index (χ0) is 15.4. The van der Waals surface area contributed by atoms with Gasteiger partial charge in [-0.15, -0.1) is 11.8 Å². The number of rotatable bonds is 4. The lowest BCUT2D eigenvalue weighted by atomic mass is 10.0. The normalized spacial score (nSPS) is 12.0. The first kappa shape index (κ1) is 15.9. The monoisotopic (exact) mass is 320 g/mol. The van der Waals surface area contributed by atoms with E-state index in [1.807, 2.05) is 44.4 Å². The van der Waals surface area contributed by atoms with Gasteiger partial charge in [-0.05, 0) is 43.4 Å². The van der Waals surface area contributed by atoms with Crippen LogP contribution in [0, 0.1) is 6.92 Å². The molecule has 3 nitrogen and oxygen atoms in total. The average Bonchev–Trinajstić information content (AvgIpc) is 2.47. The van der Waals surface area contributed by atoms with E-state index >= 15 is 0 Å². The number of aromatic nitrogens is 1. The summed E-state index contributed by atoms with van der Waals surface area (Å²) in [6.07, 6.45) is 1.88. The molecule has 0 fully saturated rings. The molecule has 0 radical (unpaired) electrons. The van der Waals surface area contributed by atoms with Crippen molar-refractivity contribution in [3.63, 3.8) is 0 Å². The number of nitrogens with one attached hydrogen (secondary N) is 1. The number of pyridine rings is 1. The molecule has 110 valence electrons. The highest BCUT2D eigenvalue weighted by atomic mass is 35.5. The molecule has 2 rings (SSSR count). The van der Waals surface area contributed by atoms with Gasteiger partial charge in [0.1, 0.15) is 10.2 Å². The van der Waals surface area contributed by atoms with Crippen molar-refractivity contribution < 1.29 is 4.79 Å². The van der Waals surface area contributed by atoms with Crippen LogP contribution in [0.1, 0.15) is 34.5 Å². The molecule has 1 atom stereocenters. The number of aryl methyl sites for hydroxylation is 1. The Morgan fingerprint density at radius 1 is 1.29 bits per heavy atom. The Hall–Kier alpha value is -1.52. The summed E-state index contributed by atoms with van der Waals surface area (Å²) < 4.78 is 0. The van der Waals surface area contributed by atoms with E-state index in [-0.39, 0.29) is 11.9 Å². The highest BCUT2D eigenvalue weighted by Gasteiger charge is 2.16. The predicted molar refractivity (Wildman–Crippen MR) is 88.1 cm³/mol. The summed E-state index contributed by atoms with van der Waals surface area (Å²) in [7, 11) is 0. The fraction of sp³-hybridized carbons (Fsp3) is 0.250. The number of hydrogen-bond acceptors (Lipinski definition) is 3. The summed E-state index contributed by atoms with van der Waals surface area (Å²) in [5, 5.41) is 4.04. The van der Waals surface area contributed by atoms with Gasteiger partial charge in [0.15, 0.2) is 0 Å². The zero-order valence-electron chi connectivity index (χ0n) is 12.2. The number of amides is 1. The van der Waals surface area contributed by atoms with Crippen molar-refractivity contribution in [1.82, 2.24) is 10.3 Å². The molecule has 1 heterocycles. The second kappa shape index (κ2) is 6.96. The van der Waals surface area contributed by atoms with Crippen LogP contribution in [0.5, 0.6) is 0 Å². The van der Waals surface area contributed by atoms with Gasteiger partial charge in [-0.1, -0.05) is 35.9 Å². The van der Waals surface area contributed by atoms with Crippen molar-refractivity contribution in [3.05, 3.63) is 58.2 Å². The van der Waals surface area contributed by atoms with Crippen molar-refractivity contribution in [2.24, 2.45) is 0 Å². The van der Waals surface area contributed by atoms with E-state index in [2.05, 4.69) is 10.3 Å². The Balaban J connectivity index is 2.20. The van der Waals surface area contributed by atoms with Gasteiger partial charge in [-0.2, -0.15) is 0 Å². The summed E-state index contributed by atoms with van der Waals surface area (Å²) >= 11 is 7.27. The van der Waals surface area contributed by atoms with Crippen LogP contribution in [-0.4, -0.2) is 17.1 Å². The van der Waals surface area contributed by atoms with Crippen LogP contribution in [0.2, 0.25) is 5.15 Å². The van der Waals surface area contributed by atoms with Crippen molar-refractivity contribution in [2.45, 2.75) is 24.9 Å². The van der Waals surface area contributed by atoms with Crippen LogP contribution in [0.3, 0.4) is 0 Å². The summed E-state index contributed by atoms with van der Waals surface area (Å²) in [4.78, 5) is 16.6. The van der Waals surface area contributed by atoms with Crippen molar-refractivity contribution in [1.29, 1.82) is 0 Å². The molecule has 0 aliphatic carbocycles. The number of benzene rings is 1. The molecular formula is C16H17ClN2OS. The highest BCUT2D eigenvalue weighted by Crippen LogP contribution is 2.22. The smallest absolute Gasteiger partial charge is 0.254 e. The lowest BCUT2D eigenvalue weighted by Crippen LogP contribution is -2.27. The molecule has 0 spiro atoms. The van der Waals surface area contributed by atoms with Gasteiger partial charge in [-0.3, -0.25) is 4.79 Å². The molecule has 1 aromatic heterocycles. The first-order chi connectivity index (χ1) is 10.0. The second-order valence-corrected chi connectivity index (χ2v) is 5.92. The Morgan fingerprint density at radius 2 is 2.00 bits per heavy atom. The molecule has 0 aliphatic rings. The molecule has 0 aliphatic heterocycles. The standard InChI is InChI=1S/C16H17ClN2OS/c1-10-6-4-5-7-12(10)11(2)18-15(20)13-8-9-14(17)19-16(13)21-3/h4-9,11H,1-3H3,(H,18,20)/t11-/m0/s1. The van der Waals surface area contributed by atoms with E-state index in [4.69, 9.17) is 11.6 Å². The van der Waals surface area contributed by atoms with Gasteiger partial charge in [0, 0.05) is 0 Å². The Labute approximate surface area is 134 Å². The third-order valence-electron chi connectivity index (χ3n) is 3.27. The molecule has 0 saturated carbocycles. The fourth-order valence-electron chi connectivity index (χ4n) is 2.17. The summed E-state index contributed by atoms with van der Waals surface area (Å²) in [6, 6.07) is 11.3. The first-order valence-electron chi connectivity index (χ1n) is 6.60.